The van der Waals surface area contributed by atoms with E-state index in [1.807, 2.05) is 0 Å². The number of nitrogens with zero attached hydrogens (tertiary/aromatic N) is 2. The van der Waals surface area contributed by atoms with Crippen LogP contribution in [0.4, 0.5) is 14.5 Å². The lowest BCUT2D eigenvalue weighted by atomic mass is 9.85. The molecule has 1 amide bonds. The van der Waals surface area contributed by atoms with Gasteiger partial charge in [-0.1, -0.05) is 6.42 Å². The third-order valence-electron chi connectivity index (χ3n) is 3.31. The van der Waals surface area contributed by atoms with Gasteiger partial charge in [-0.15, -0.1) is 0 Å². The Morgan fingerprint density at radius 1 is 1.58 bits per heavy atom. The molecule has 2 rings (SSSR count). The van der Waals surface area contributed by atoms with Gasteiger partial charge < -0.3 is 11.1 Å². The molecule has 7 heteroatoms. The second-order valence-corrected chi connectivity index (χ2v) is 4.95. The maximum absolute atomic E-state index is 12.2. The van der Waals surface area contributed by atoms with Crippen LogP contribution in [0.15, 0.2) is 12.4 Å². The predicted molar refractivity (Wildman–Crippen MR) is 66.8 cm³/mol. The molecule has 0 radical (unpaired) electrons. The Morgan fingerprint density at radius 2 is 2.37 bits per heavy atom. The molecule has 3 N–H and O–H groups in total. The highest BCUT2D eigenvalue weighted by molar-refractivity contribution is 5.92. The van der Waals surface area contributed by atoms with Crippen LogP contribution in [0.25, 0.3) is 0 Å². The number of amides is 1. The van der Waals surface area contributed by atoms with Gasteiger partial charge in [0.1, 0.15) is 6.54 Å². The third kappa shape index (κ3) is 3.99. The molecule has 106 valence electrons. The molecular formula is C12H18F2N4O. The van der Waals surface area contributed by atoms with Crippen LogP contribution in [-0.4, -0.2) is 28.2 Å². The van der Waals surface area contributed by atoms with Crippen molar-refractivity contribution < 1.29 is 13.6 Å². The van der Waals surface area contributed by atoms with Crippen LogP contribution >= 0.6 is 0 Å². The van der Waals surface area contributed by atoms with Crippen molar-refractivity contribution in [1.82, 2.24) is 9.78 Å². The zero-order chi connectivity index (χ0) is 13.8. The van der Waals surface area contributed by atoms with Crippen molar-refractivity contribution in [2.45, 2.75) is 44.7 Å². The van der Waals surface area contributed by atoms with E-state index in [1.165, 1.54) is 12.4 Å². The minimum Gasteiger partial charge on any atom is -0.328 e. The summed E-state index contributed by atoms with van der Waals surface area (Å²) in [6.07, 6.45) is 3.73. The fourth-order valence-electron chi connectivity index (χ4n) is 2.38. The number of nitrogens with one attached hydrogen (secondary N) is 1. The molecule has 1 aromatic rings. The van der Waals surface area contributed by atoms with Gasteiger partial charge in [-0.3, -0.25) is 9.48 Å². The van der Waals surface area contributed by atoms with Crippen molar-refractivity contribution in [1.29, 1.82) is 0 Å². The number of anilines is 1. The second-order valence-electron chi connectivity index (χ2n) is 4.95. The van der Waals surface area contributed by atoms with Crippen molar-refractivity contribution in [3.8, 4) is 0 Å². The molecule has 0 saturated heterocycles. The molecule has 0 bridgehead atoms. The summed E-state index contributed by atoms with van der Waals surface area (Å²) in [5, 5.41) is 6.47. The SMILES string of the molecule is NC1CCCC(C(=O)Nc2cnn(CC(F)F)c2)C1. The van der Waals surface area contributed by atoms with E-state index in [9.17, 15) is 13.6 Å². The third-order valence-corrected chi connectivity index (χ3v) is 3.31. The van der Waals surface area contributed by atoms with Crippen LogP contribution in [0.1, 0.15) is 25.7 Å². The summed E-state index contributed by atoms with van der Waals surface area (Å²) in [5.74, 6) is -0.200. The first-order valence-electron chi connectivity index (χ1n) is 6.41. The molecule has 5 nitrogen and oxygen atoms in total. The summed E-state index contributed by atoms with van der Waals surface area (Å²) in [5.41, 5.74) is 6.28. The normalized spacial score (nSPS) is 23.6. The van der Waals surface area contributed by atoms with Crippen LogP contribution < -0.4 is 11.1 Å². The highest BCUT2D eigenvalue weighted by atomic mass is 19.3. The lowest BCUT2D eigenvalue weighted by Crippen LogP contribution is -2.34. The number of carbonyl (C=O) groups is 1. The molecule has 2 unspecified atom stereocenters. The van der Waals surface area contributed by atoms with E-state index in [4.69, 9.17) is 5.73 Å². The van der Waals surface area contributed by atoms with Crippen molar-refractivity contribution in [2.24, 2.45) is 11.7 Å². The summed E-state index contributed by atoms with van der Waals surface area (Å²) in [4.78, 5) is 12.0. The van der Waals surface area contributed by atoms with E-state index >= 15 is 0 Å². The number of nitrogens with two attached hydrogens (primary N) is 1. The Labute approximate surface area is 110 Å². The molecule has 1 aliphatic rings. The predicted octanol–water partition coefficient (Wildman–Crippen LogP) is 1.60. The Kier molecular flexibility index (Phi) is 4.47. The topological polar surface area (TPSA) is 72.9 Å². The molecule has 19 heavy (non-hydrogen) atoms. The van der Waals surface area contributed by atoms with E-state index in [-0.39, 0.29) is 17.9 Å². The number of hydrogen-bond donors (Lipinski definition) is 2. The first kappa shape index (κ1) is 13.9. The lowest BCUT2D eigenvalue weighted by molar-refractivity contribution is -0.120. The van der Waals surface area contributed by atoms with Crippen LogP contribution in [0.2, 0.25) is 0 Å². The molecule has 1 saturated carbocycles. The minimum atomic E-state index is -2.46. The van der Waals surface area contributed by atoms with Gasteiger partial charge in [0, 0.05) is 18.2 Å². The summed E-state index contributed by atoms with van der Waals surface area (Å²) >= 11 is 0. The van der Waals surface area contributed by atoms with E-state index in [1.54, 1.807) is 0 Å². The Hall–Kier alpha value is -1.50. The van der Waals surface area contributed by atoms with Gasteiger partial charge >= 0.3 is 0 Å². The van der Waals surface area contributed by atoms with Gasteiger partial charge in [0.15, 0.2) is 0 Å². The Balaban J connectivity index is 1.89. The van der Waals surface area contributed by atoms with Crippen LogP contribution in [-0.2, 0) is 11.3 Å². The fraction of sp³-hybridized carbons (Fsp3) is 0.667. The summed E-state index contributed by atoms with van der Waals surface area (Å²) < 4.78 is 25.4. The Bertz CT molecular complexity index is 435. The summed E-state index contributed by atoms with van der Waals surface area (Å²) in [6.45, 7) is -0.468. The van der Waals surface area contributed by atoms with E-state index < -0.39 is 13.0 Å². The first-order valence-corrected chi connectivity index (χ1v) is 6.41. The number of hydrogen-bond acceptors (Lipinski definition) is 3. The van der Waals surface area contributed by atoms with Crippen molar-refractivity contribution in [3.05, 3.63) is 12.4 Å². The average molecular weight is 272 g/mol. The summed E-state index contributed by atoms with van der Waals surface area (Å²) in [6, 6.07) is 0.0751. The molecular weight excluding hydrogens is 254 g/mol. The quantitative estimate of drug-likeness (QED) is 0.874. The highest BCUT2D eigenvalue weighted by Gasteiger charge is 2.25. The van der Waals surface area contributed by atoms with E-state index in [0.717, 1.165) is 23.9 Å². The first-order chi connectivity index (χ1) is 9.04. The van der Waals surface area contributed by atoms with E-state index in [0.29, 0.717) is 12.1 Å². The zero-order valence-corrected chi connectivity index (χ0v) is 10.6. The molecule has 0 aliphatic heterocycles. The number of halogens is 2. The van der Waals surface area contributed by atoms with E-state index in [2.05, 4.69) is 10.4 Å². The molecule has 1 aliphatic carbocycles. The smallest absolute Gasteiger partial charge is 0.257 e. The monoisotopic (exact) mass is 272 g/mol. The zero-order valence-electron chi connectivity index (χ0n) is 10.6. The number of carbonyl (C=O) groups excluding carboxylic acids is 1. The van der Waals surface area contributed by atoms with Gasteiger partial charge in [0.25, 0.3) is 6.43 Å². The molecule has 0 spiro atoms. The minimum absolute atomic E-state index is 0.0751. The molecule has 2 atom stereocenters. The number of aromatic nitrogens is 2. The highest BCUT2D eigenvalue weighted by Crippen LogP contribution is 2.24. The van der Waals surface area contributed by atoms with Crippen LogP contribution in [0.3, 0.4) is 0 Å². The standard InChI is InChI=1S/C12H18F2N4O/c13-11(14)7-18-6-10(5-16-18)17-12(19)8-2-1-3-9(15)4-8/h5-6,8-9,11H,1-4,7,15H2,(H,17,19). The number of rotatable bonds is 4. The van der Waals surface area contributed by atoms with Crippen molar-refractivity contribution in [2.75, 3.05) is 5.32 Å². The van der Waals surface area contributed by atoms with Crippen LogP contribution in [0.5, 0.6) is 0 Å². The number of alkyl halides is 2. The molecule has 1 fully saturated rings. The maximum atomic E-state index is 12.2. The summed E-state index contributed by atoms with van der Waals surface area (Å²) in [7, 11) is 0. The largest absolute Gasteiger partial charge is 0.328 e. The van der Waals surface area contributed by atoms with Gasteiger partial charge in [0.2, 0.25) is 5.91 Å². The van der Waals surface area contributed by atoms with Gasteiger partial charge in [-0.25, -0.2) is 8.78 Å². The average Bonchev–Trinajstić information content (AvgIpc) is 2.75. The van der Waals surface area contributed by atoms with Gasteiger partial charge in [-0.05, 0) is 19.3 Å². The van der Waals surface area contributed by atoms with Gasteiger partial charge in [0.05, 0.1) is 11.9 Å². The lowest BCUT2D eigenvalue weighted by Gasteiger charge is -2.25. The maximum Gasteiger partial charge on any atom is 0.257 e. The Morgan fingerprint density at radius 3 is 3.05 bits per heavy atom. The molecule has 1 heterocycles. The molecule has 0 aromatic carbocycles. The van der Waals surface area contributed by atoms with Gasteiger partial charge in [-0.2, -0.15) is 5.10 Å². The van der Waals surface area contributed by atoms with Crippen molar-refractivity contribution in [3.63, 3.8) is 0 Å². The second kappa shape index (κ2) is 6.10. The molecule has 1 aromatic heterocycles. The van der Waals surface area contributed by atoms with Crippen LogP contribution in [0, 0.1) is 5.92 Å². The fourth-order valence-corrected chi connectivity index (χ4v) is 2.38. The van der Waals surface area contributed by atoms with Crippen molar-refractivity contribution >= 4 is 11.6 Å².